The highest BCUT2D eigenvalue weighted by atomic mass is 16.3. The lowest BCUT2D eigenvalue weighted by molar-refractivity contribution is 0.448. The van der Waals surface area contributed by atoms with Crippen molar-refractivity contribution in [2.45, 2.75) is 59.7 Å². The number of aromatic nitrogens is 3. The van der Waals surface area contributed by atoms with Gasteiger partial charge < -0.3 is 5.11 Å². The van der Waals surface area contributed by atoms with Crippen LogP contribution in [0.3, 0.4) is 0 Å². The Morgan fingerprint density at radius 1 is 0.590 bits per heavy atom. The third kappa shape index (κ3) is 7.66. The van der Waals surface area contributed by atoms with E-state index < -0.39 is 12.7 Å². The van der Waals surface area contributed by atoms with Gasteiger partial charge >= 0.3 is 0 Å². The van der Waals surface area contributed by atoms with E-state index in [9.17, 15) is 5.11 Å². The first-order valence-corrected chi connectivity index (χ1v) is 20.8. The minimum atomic E-state index is -2.18. The Balaban J connectivity index is 1.31. The van der Waals surface area contributed by atoms with Gasteiger partial charge in [-0.2, -0.15) is 0 Å². The molecule has 0 spiro atoms. The lowest BCUT2D eigenvalue weighted by atomic mass is 9.84. The van der Waals surface area contributed by atoms with Crippen molar-refractivity contribution in [1.29, 1.82) is 0 Å². The number of rotatable bonds is 8. The molecule has 0 saturated carbocycles. The Labute approximate surface area is 365 Å². The van der Waals surface area contributed by atoms with Crippen molar-refractivity contribution in [3.05, 3.63) is 192 Å². The fourth-order valence-electron chi connectivity index (χ4n) is 8.33. The van der Waals surface area contributed by atoms with E-state index in [-0.39, 0.29) is 11.2 Å². The normalized spacial score (nSPS) is 13.1. The molecule has 2 heterocycles. The molecule has 2 aromatic heterocycles. The zero-order chi connectivity index (χ0) is 45.8. The van der Waals surface area contributed by atoms with Crippen molar-refractivity contribution in [2.24, 2.45) is 0 Å². The lowest BCUT2D eigenvalue weighted by Crippen LogP contribution is -2.12. The van der Waals surface area contributed by atoms with Gasteiger partial charge in [-0.1, -0.05) is 149 Å². The second-order valence-corrected chi connectivity index (χ2v) is 17.2. The summed E-state index contributed by atoms with van der Waals surface area (Å²) in [5, 5.41) is 12.3. The standard InChI is InChI=1S/C57H51N3O/c1-36(2)42-25-26-52(48(34-42)41-17-12-9-13-18-41)60-53-20-14-19-47(54(53)59-56(60)49-29-38(4)30-50(55(49)61)57(5,6)7)45-31-44(39-15-10-8-11-16-39)32-46(33-45)51-35-43(27-28-58-51)40-23-21-37(3)22-24-40/h8-36,61H,1-7H3/i3D3,36D. The van der Waals surface area contributed by atoms with E-state index >= 15 is 0 Å². The molecule has 4 heteroatoms. The second kappa shape index (κ2) is 15.9. The zero-order valence-corrected chi connectivity index (χ0v) is 35.5. The van der Waals surface area contributed by atoms with Crippen LogP contribution in [0.15, 0.2) is 170 Å². The van der Waals surface area contributed by atoms with E-state index in [1.807, 2.05) is 86.6 Å². The van der Waals surface area contributed by atoms with Gasteiger partial charge in [-0.25, -0.2) is 4.98 Å². The van der Waals surface area contributed by atoms with Crippen LogP contribution in [-0.2, 0) is 5.41 Å². The summed E-state index contributed by atoms with van der Waals surface area (Å²) in [7, 11) is 0. The number of benzene rings is 7. The maximum atomic E-state index is 12.3. The van der Waals surface area contributed by atoms with E-state index in [0.29, 0.717) is 17.0 Å². The number of nitrogens with zero attached hydrogens (tertiary/aromatic N) is 3. The van der Waals surface area contributed by atoms with Gasteiger partial charge in [0, 0.05) is 33.9 Å². The number of phenolic OH excluding ortho intramolecular Hbond substituents is 1. The van der Waals surface area contributed by atoms with E-state index in [0.717, 1.165) is 89.2 Å². The summed E-state index contributed by atoms with van der Waals surface area (Å²) in [4.78, 5) is 10.4. The van der Waals surface area contributed by atoms with E-state index in [2.05, 4.69) is 111 Å². The summed E-state index contributed by atoms with van der Waals surface area (Å²) in [6.07, 6.45) is 1.80. The molecule has 0 bridgehead atoms. The van der Waals surface area contributed by atoms with Crippen LogP contribution in [0, 0.1) is 13.8 Å². The highest BCUT2D eigenvalue weighted by molar-refractivity contribution is 5.98. The molecule has 0 aliphatic carbocycles. The summed E-state index contributed by atoms with van der Waals surface area (Å²) < 4.78 is 34.7. The number of aryl methyl sites for hydroxylation is 2. The van der Waals surface area contributed by atoms with Crippen LogP contribution < -0.4 is 0 Å². The van der Waals surface area contributed by atoms with Gasteiger partial charge in [0.2, 0.25) is 0 Å². The number of para-hydroxylation sites is 1. The SMILES string of the molecule is [2H]C([2H])([2H])c1ccc(-c2ccnc(-c3cc(-c4ccccc4)cc(-c4cccc5c4nc(-c4cc(C)cc(C(C)(C)C)c4O)n5-c4ccc(C([2H])(C)C)cc4-c4ccccc4)c3)c2)cc1. The third-order valence-corrected chi connectivity index (χ3v) is 11.5. The van der Waals surface area contributed by atoms with Crippen LogP contribution in [-0.4, -0.2) is 19.6 Å². The number of imidazole rings is 1. The Bertz CT molecular complexity index is 3210. The zero-order valence-electron chi connectivity index (χ0n) is 39.5. The molecule has 0 radical (unpaired) electrons. The lowest BCUT2D eigenvalue weighted by Gasteiger charge is -2.23. The Hall–Kier alpha value is -7.04. The van der Waals surface area contributed by atoms with Crippen LogP contribution in [0.2, 0.25) is 0 Å². The predicted octanol–water partition coefficient (Wildman–Crippen LogP) is 15.2. The summed E-state index contributed by atoms with van der Waals surface area (Å²) in [6, 6.07) is 54.7. The molecular formula is C57H51N3O. The third-order valence-electron chi connectivity index (χ3n) is 11.5. The first-order valence-electron chi connectivity index (χ1n) is 22.8. The molecule has 9 aromatic rings. The van der Waals surface area contributed by atoms with Crippen LogP contribution in [0.25, 0.3) is 83.9 Å². The highest BCUT2D eigenvalue weighted by Crippen LogP contribution is 2.45. The van der Waals surface area contributed by atoms with E-state index in [4.69, 9.17) is 15.5 Å². The first kappa shape index (κ1) is 34.8. The number of hydrogen-bond donors (Lipinski definition) is 1. The molecule has 300 valence electrons. The minimum Gasteiger partial charge on any atom is -0.507 e. The number of aromatic hydroxyl groups is 1. The summed E-state index contributed by atoms with van der Waals surface area (Å²) in [5.41, 5.74) is 15.2. The van der Waals surface area contributed by atoms with Gasteiger partial charge in [0.25, 0.3) is 0 Å². The van der Waals surface area contributed by atoms with Gasteiger partial charge in [0.15, 0.2) is 0 Å². The number of fused-ring (bicyclic) bond motifs is 1. The largest absolute Gasteiger partial charge is 0.507 e. The quantitative estimate of drug-likeness (QED) is 0.167. The smallest absolute Gasteiger partial charge is 0.149 e. The maximum Gasteiger partial charge on any atom is 0.149 e. The topological polar surface area (TPSA) is 50.9 Å². The van der Waals surface area contributed by atoms with Crippen molar-refractivity contribution in [1.82, 2.24) is 14.5 Å². The first-order chi connectivity index (χ1) is 30.9. The van der Waals surface area contributed by atoms with E-state index in [1.54, 1.807) is 18.3 Å². The van der Waals surface area contributed by atoms with Gasteiger partial charge in [-0.15, -0.1) is 0 Å². The maximum absolute atomic E-state index is 12.3. The van der Waals surface area contributed by atoms with E-state index in [1.165, 1.54) is 0 Å². The molecule has 0 saturated heterocycles. The number of hydrogen-bond acceptors (Lipinski definition) is 3. The Morgan fingerprint density at radius 3 is 1.98 bits per heavy atom. The fraction of sp³-hybridized carbons (Fsp3) is 0.158. The van der Waals surface area contributed by atoms with Gasteiger partial charge in [-0.05, 0) is 124 Å². The molecule has 0 unspecified atom stereocenters. The summed E-state index contributed by atoms with van der Waals surface area (Å²) in [6.45, 7) is 10.0. The number of phenols is 1. The summed E-state index contributed by atoms with van der Waals surface area (Å²) in [5.74, 6) is -0.0441. The minimum absolute atomic E-state index is 0.193. The average molecular weight is 798 g/mol. The monoisotopic (exact) mass is 797 g/mol. The molecule has 4 nitrogen and oxygen atoms in total. The van der Waals surface area contributed by atoms with Crippen molar-refractivity contribution >= 4 is 11.0 Å². The van der Waals surface area contributed by atoms with Crippen molar-refractivity contribution in [3.63, 3.8) is 0 Å². The molecule has 9 rings (SSSR count). The molecule has 7 aromatic carbocycles. The molecule has 0 aliphatic rings. The number of pyridine rings is 1. The molecule has 0 aliphatic heterocycles. The second-order valence-electron chi connectivity index (χ2n) is 17.2. The molecular weight excluding hydrogens is 743 g/mol. The van der Waals surface area contributed by atoms with Crippen LogP contribution >= 0.6 is 0 Å². The van der Waals surface area contributed by atoms with Crippen molar-refractivity contribution in [3.8, 4) is 78.6 Å². The molecule has 1 N–H and O–H groups in total. The molecule has 0 atom stereocenters. The van der Waals surface area contributed by atoms with Crippen LogP contribution in [0.5, 0.6) is 5.75 Å². The molecule has 0 amide bonds. The summed E-state index contributed by atoms with van der Waals surface area (Å²) >= 11 is 0. The highest BCUT2D eigenvalue weighted by Gasteiger charge is 2.27. The molecule has 61 heavy (non-hydrogen) atoms. The average Bonchev–Trinajstić information content (AvgIpc) is 3.68. The van der Waals surface area contributed by atoms with Crippen molar-refractivity contribution in [2.75, 3.05) is 0 Å². The molecule has 0 fully saturated rings. The van der Waals surface area contributed by atoms with Gasteiger partial charge in [0.05, 0.1) is 28.0 Å². The van der Waals surface area contributed by atoms with Crippen molar-refractivity contribution < 1.29 is 10.6 Å². The fourth-order valence-corrected chi connectivity index (χ4v) is 8.33. The van der Waals surface area contributed by atoms with Crippen LogP contribution in [0.4, 0.5) is 0 Å². The van der Waals surface area contributed by atoms with Gasteiger partial charge in [-0.3, -0.25) is 9.55 Å². The van der Waals surface area contributed by atoms with Gasteiger partial charge in [0.1, 0.15) is 11.6 Å². The van der Waals surface area contributed by atoms with Crippen LogP contribution in [0.1, 0.15) is 68.2 Å². The predicted molar refractivity (Wildman–Crippen MR) is 255 cm³/mol. The Morgan fingerprint density at radius 2 is 1.28 bits per heavy atom. The Kier molecular flexibility index (Phi) is 9.04.